The summed E-state index contributed by atoms with van der Waals surface area (Å²) >= 11 is 0. The predicted octanol–water partition coefficient (Wildman–Crippen LogP) is 3.65. The number of nitro groups is 1. The highest BCUT2D eigenvalue weighted by Crippen LogP contribution is 2.27. The average Bonchev–Trinajstić information content (AvgIpc) is 2.93. The van der Waals surface area contributed by atoms with Gasteiger partial charge in [0.1, 0.15) is 5.69 Å². The van der Waals surface area contributed by atoms with E-state index in [1.807, 2.05) is 19.1 Å². The molecule has 0 radical (unpaired) electrons. The number of rotatable bonds is 7. The van der Waals surface area contributed by atoms with Crippen LogP contribution in [0.15, 0.2) is 18.2 Å². The molecule has 1 saturated heterocycles. The Labute approximate surface area is 126 Å². The molecule has 1 aromatic carbocycles. The van der Waals surface area contributed by atoms with Crippen LogP contribution in [0.25, 0.3) is 0 Å². The SMILES string of the molecule is CCCNc1ccc(CN2CCC(CC)C2)cc1[N+](=O)[O-]. The minimum absolute atomic E-state index is 0.187. The van der Waals surface area contributed by atoms with E-state index >= 15 is 0 Å². The van der Waals surface area contributed by atoms with E-state index in [1.165, 1.54) is 12.8 Å². The van der Waals surface area contributed by atoms with Crippen molar-refractivity contribution in [2.45, 2.75) is 39.7 Å². The van der Waals surface area contributed by atoms with Crippen LogP contribution in [-0.2, 0) is 6.54 Å². The van der Waals surface area contributed by atoms with Gasteiger partial charge in [-0.1, -0.05) is 26.3 Å². The Kier molecular flexibility index (Phi) is 5.56. The molecule has 1 aliphatic rings. The highest BCUT2D eigenvalue weighted by atomic mass is 16.6. The third-order valence-corrected chi connectivity index (χ3v) is 4.18. The van der Waals surface area contributed by atoms with Crippen LogP contribution in [0.5, 0.6) is 0 Å². The Balaban J connectivity index is 2.07. The molecule has 1 heterocycles. The lowest BCUT2D eigenvalue weighted by Gasteiger charge is -2.16. The van der Waals surface area contributed by atoms with Gasteiger partial charge < -0.3 is 5.32 Å². The van der Waals surface area contributed by atoms with Crippen molar-refractivity contribution in [3.8, 4) is 0 Å². The van der Waals surface area contributed by atoms with Crippen molar-refractivity contribution in [1.82, 2.24) is 4.90 Å². The van der Waals surface area contributed by atoms with Gasteiger partial charge in [0.25, 0.3) is 5.69 Å². The maximum Gasteiger partial charge on any atom is 0.292 e. The molecule has 116 valence electrons. The molecule has 1 unspecified atom stereocenters. The van der Waals surface area contributed by atoms with Gasteiger partial charge in [-0.25, -0.2) is 0 Å². The third-order valence-electron chi connectivity index (χ3n) is 4.18. The van der Waals surface area contributed by atoms with Gasteiger partial charge >= 0.3 is 0 Å². The molecule has 1 aliphatic heterocycles. The van der Waals surface area contributed by atoms with E-state index in [1.54, 1.807) is 6.07 Å². The van der Waals surface area contributed by atoms with Crippen molar-refractivity contribution in [2.24, 2.45) is 5.92 Å². The molecule has 0 aliphatic carbocycles. The first kappa shape index (κ1) is 15.8. The number of nitrogens with one attached hydrogen (secondary N) is 1. The van der Waals surface area contributed by atoms with E-state index < -0.39 is 0 Å². The highest BCUT2D eigenvalue weighted by Gasteiger charge is 2.22. The summed E-state index contributed by atoms with van der Waals surface area (Å²) in [5, 5.41) is 14.4. The van der Waals surface area contributed by atoms with Gasteiger partial charge in [-0.15, -0.1) is 0 Å². The topological polar surface area (TPSA) is 58.4 Å². The van der Waals surface area contributed by atoms with E-state index in [2.05, 4.69) is 17.1 Å². The van der Waals surface area contributed by atoms with Crippen molar-refractivity contribution < 1.29 is 4.92 Å². The molecule has 21 heavy (non-hydrogen) atoms. The van der Waals surface area contributed by atoms with Gasteiger partial charge in [0.05, 0.1) is 4.92 Å². The lowest BCUT2D eigenvalue weighted by atomic mass is 10.1. The maximum atomic E-state index is 11.2. The number of hydrogen-bond donors (Lipinski definition) is 1. The van der Waals surface area contributed by atoms with Crippen molar-refractivity contribution in [3.63, 3.8) is 0 Å². The summed E-state index contributed by atoms with van der Waals surface area (Å²) in [6, 6.07) is 5.57. The monoisotopic (exact) mass is 291 g/mol. The molecule has 5 nitrogen and oxygen atoms in total. The number of anilines is 1. The van der Waals surface area contributed by atoms with E-state index in [0.717, 1.165) is 44.1 Å². The minimum Gasteiger partial charge on any atom is -0.380 e. The van der Waals surface area contributed by atoms with Crippen LogP contribution >= 0.6 is 0 Å². The summed E-state index contributed by atoms with van der Waals surface area (Å²) < 4.78 is 0. The quantitative estimate of drug-likeness (QED) is 0.615. The second kappa shape index (κ2) is 7.41. The molecule has 5 heteroatoms. The van der Waals surface area contributed by atoms with Crippen LogP contribution in [0.4, 0.5) is 11.4 Å². The smallest absolute Gasteiger partial charge is 0.292 e. The summed E-state index contributed by atoms with van der Waals surface area (Å²) in [6.45, 7) is 8.05. The number of hydrogen-bond acceptors (Lipinski definition) is 4. The van der Waals surface area contributed by atoms with Crippen molar-refractivity contribution in [2.75, 3.05) is 25.0 Å². The molecule has 0 spiro atoms. The molecule has 0 amide bonds. The summed E-state index contributed by atoms with van der Waals surface area (Å²) in [7, 11) is 0. The molecule has 0 saturated carbocycles. The molecule has 2 rings (SSSR count). The minimum atomic E-state index is -0.291. The zero-order valence-electron chi connectivity index (χ0n) is 13.0. The largest absolute Gasteiger partial charge is 0.380 e. The number of nitro benzene ring substituents is 1. The van der Waals surface area contributed by atoms with Gasteiger partial charge in [0.15, 0.2) is 0 Å². The Bertz CT molecular complexity index is 490. The fourth-order valence-electron chi connectivity index (χ4n) is 2.88. The molecule has 1 aromatic rings. The number of benzene rings is 1. The molecule has 0 bridgehead atoms. The van der Waals surface area contributed by atoms with E-state index in [4.69, 9.17) is 0 Å². The van der Waals surface area contributed by atoms with Crippen LogP contribution in [0.3, 0.4) is 0 Å². The van der Waals surface area contributed by atoms with Crippen molar-refractivity contribution in [1.29, 1.82) is 0 Å². The summed E-state index contributed by atoms with van der Waals surface area (Å²) in [6.07, 6.45) is 3.41. The Hall–Kier alpha value is -1.62. The Morgan fingerprint density at radius 2 is 2.24 bits per heavy atom. The van der Waals surface area contributed by atoms with Crippen LogP contribution < -0.4 is 5.32 Å². The van der Waals surface area contributed by atoms with Gasteiger partial charge in [0.2, 0.25) is 0 Å². The highest BCUT2D eigenvalue weighted by molar-refractivity contribution is 5.62. The number of likely N-dealkylation sites (tertiary alicyclic amines) is 1. The van der Waals surface area contributed by atoms with Gasteiger partial charge in [-0.05, 0) is 36.9 Å². The fraction of sp³-hybridized carbons (Fsp3) is 0.625. The average molecular weight is 291 g/mol. The van der Waals surface area contributed by atoms with Crippen LogP contribution in [-0.4, -0.2) is 29.5 Å². The first-order valence-corrected chi connectivity index (χ1v) is 7.87. The zero-order valence-corrected chi connectivity index (χ0v) is 13.0. The molecule has 1 N–H and O–H groups in total. The summed E-state index contributed by atoms with van der Waals surface area (Å²) in [4.78, 5) is 13.3. The summed E-state index contributed by atoms with van der Waals surface area (Å²) in [5.74, 6) is 0.783. The normalized spacial score (nSPS) is 18.9. The third kappa shape index (κ3) is 4.17. The van der Waals surface area contributed by atoms with E-state index in [-0.39, 0.29) is 10.6 Å². The fourth-order valence-corrected chi connectivity index (χ4v) is 2.88. The second-order valence-electron chi connectivity index (χ2n) is 5.83. The first-order valence-electron chi connectivity index (χ1n) is 7.87. The first-order chi connectivity index (χ1) is 10.1. The summed E-state index contributed by atoms with van der Waals surface area (Å²) in [5.41, 5.74) is 1.84. The molecular weight excluding hydrogens is 266 g/mol. The van der Waals surface area contributed by atoms with Crippen LogP contribution in [0.1, 0.15) is 38.7 Å². The van der Waals surface area contributed by atoms with Crippen LogP contribution in [0.2, 0.25) is 0 Å². The zero-order chi connectivity index (χ0) is 15.2. The predicted molar refractivity (Wildman–Crippen MR) is 85.6 cm³/mol. The second-order valence-corrected chi connectivity index (χ2v) is 5.83. The molecule has 1 fully saturated rings. The van der Waals surface area contributed by atoms with Crippen molar-refractivity contribution in [3.05, 3.63) is 33.9 Å². The van der Waals surface area contributed by atoms with E-state index in [0.29, 0.717) is 5.69 Å². The van der Waals surface area contributed by atoms with Crippen molar-refractivity contribution >= 4 is 11.4 Å². The molecular formula is C16H25N3O2. The van der Waals surface area contributed by atoms with Gasteiger partial charge in [-0.3, -0.25) is 15.0 Å². The standard InChI is InChI=1S/C16H25N3O2/c1-3-8-17-15-6-5-14(10-16(15)19(20)21)12-18-9-7-13(4-2)11-18/h5-6,10,13,17H,3-4,7-9,11-12H2,1-2H3. The number of nitrogens with zero attached hydrogens (tertiary/aromatic N) is 2. The molecule has 1 atom stereocenters. The van der Waals surface area contributed by atoms with E-state index in [9.17, 15) is 10.1 Å². The lowest BCUT2D eigenvalue weighted by Crippen LogP contribution is -2.20. The lowest BCUT2D eigenvalue weighted by molar-refractivity contribution is -0.384. The molecule has 0 aromatic heterocycles. The Morgan fingerprint density at radius 3 is 2.86 bits per heavy atom. The van der Waals surface area contributed by atoms with Crippen LogP contribution in [0, 0.1) is 16.0 Å². The Morgan fingerprint density at radius 1 is 1.43 bits per heavy atom. The maximum absolute atomic E-state index is 11.2. The van der Waals surface area contributed by atoms with Gasteiger partial charge in [0, 0.05) is 25.7 Å². The van der Waals surface area contributed by atoms with Gasteiger partial charge in [-0.2, -0.15) is 0 Å².